The first-order valence-electron chi connectivity index (χ1n) is 6.98. The highest BCUT2D eigenvalue weighted by molar-refractivity contribution is 7.03. The molecule has 0 atom stereocenters. The first kappa shape index (κ1) is 16.4. The van der Waals surface area contributed by atoms with Crippen molar-refractivity contribution in [1.29, 1.82) is 0 Å². The molecule has 0 aliphatic rings. The Balaban J connectivity index is 1.78. The fourth-order valence-electron chi connectivity index (χ4n) is 1.72. The maximum absolute atomic E-state index is 11.7. The lowest BCUT2D eigenvalue weighted by atomic mass is 10.2. The van der Waals surface area contributed by atoms with Crippen molar-refractivity contribution in [2.75, 3.05) is 5.32 Å². The number of anilines is 1. The highest BCUT2D eigenvalue weighted by atomic mass is 32.1. The summed E-state index contributed by atoms with van der Waals surface area (Å²) in [4.78, 5) is 11.7. The average Bonchev–Trinajstić information content (AvgIpc) is 2.92. The van der Waals surface area contributed by atoms with Gasteiger partial charge >= 0.3 is 6.09 Å². The monoisotopic (exact) mass is 320 g/mol. The van der Waals surface area contributed by atoms with Crippen molar-refractivity contribution in [2.45, 2.75) is 39.5 Å². The Morgan fingerprint density at radius 1 is 1.23 bits per heavy atom. The van der Waals surface area contributed by atoms with Crippen molar-refractivity contribution in [3.8, 4) is 0 Å². The quantitative estimate of drug-likeness (QED) is 0.885. The number of nitrogens with one attached hydrogen (secondary N) is 2. The molecule has 0 aliphatic carbocycles. The molecule has 0 saturated heterocycles. The van der Waals surface area contributed by atoms with Crippen LogP contribution in [0.2, 0.25) is 0 Å². The van der Waals surface area contributed by atoms with Crippen LogP contribution in [0.5, 0.6) is 0 Å². The highest BCUT2D eigenvalue weighted by Crippen LogP contribution is 2.13. The summed E-state index contributed by atoms with van der Waals surface area (Å²) in [5.41, 5.74) is 2.27. The Hall–Kier alpha value is -1.99. The number of hydrogen-bond donors (Lipinski definition) is 2. The van der Waals surface area contributed by atoms with Crippen molar-refractivity contribution in [1.82, 2.24) is 14.9 Å². The number of rotatable bonds is 5. The molecule has 22 heavy (non-hydrogen) atoms. The molecule has 0 unspecified atom stereocenters. The number of carbonyl (C=O) groups excluding carboxylic acids is 1. The van der Waals surface area contributed by atoms with Crippen molar-refractivity contribution in [2.24, 2.45) is 0 Å². The predicted octanol–water partition coefficient (Wildman–Crippen LogP) is 3.17. The summed E-state index contributed by atoms with van der Waals surface area (Å²) < 4.78 is 9.02. The fraction of sp³-hybridized carbons (Fsp3) is 0.400. The molecule has 2 aromatic rings. The van der Waals surface area contributed by atoms with Gasteiger partial charge < -0.3 is 10.1 Å². The highest BCUT2D eigenvalue weighted by Gasteiger charge is 2.15. The van der Waals surface area contributed by atoms with E-state index in [0.29, 0.717) is 12.2 Å². The van der Waals surface area contributed by atoms with Crippen molar-refractivity contribution < 1.29 is 9.53 Å². The van der Waals surface area contributed by atoms with Gasteiger partial charge in [0.05, 0.1) is 5.69 Å². The van der Waals surface area contributed by atoms with Crippen LogP contribution in [0, 0.1) is 0 Å². The van der Waals surface area contributed by atoms with Gasteiger partial charge in [0.2, 0.25) is 0 Å². The minimum atomic E-state index is -0.501. The van der Waals surface area contributed by atoms with Crippen LogP contribution in [0.25, 0.3) is 0 Å². The van der Waals surface area contributed by atoms with Gasteiger partial charge in [0.25, 0.3) is 0 Å². The number of ether oxygens (including phenoxy) is 1. The molecular weight excluding hydrogens is 300 g/mol. The van der Waals surface area contributed by atoms with E-state index >= 15 is 0 Å². The lowest BCUT2D eigenvalue weighted by Crippen LogP contribution is -2.27. The molecule has 0 fully saturated rings. The van der Waals surface area contributed by atoms with Crippen molar-refractivity contribution in [3.05, 3.63) is 40.9 Å². The molecule has 0 aliphatic heterocycles. The maximum Gasteiger partial charge on any atom is 0.412 e. The summed E-state index contributed by atoms with van der Waals surface area (Å²) >= 11 is 1.34. The Morgan fingerprint density at radius 2 is 1.95 bits per heavy atom. The minimum Gasteiger partial charge on any atom is -0.444 e. The summed E-state index contributed by atoms with van der Waals surface area (Å²) in [6, 6.07) is 7.62. The Kier molecular flexibility index (Phi) is 5.46. The number of carbonyl (C=O) groups is 1. The van der Waals surface area contributed by atoms with Gasteiger partial charge in [-0.25, -0.2) is 4.79 Å². The smallest absolute Gasteiger partial charge is 0.412 e. The van der Waals surface area contributed by atoms with Gasteiger partial charge in [-0.1, -0.05) is 16.6 Å². The van der Waals surface area contributed by atoms with Gasteiger partial charge in [0.15, 0.2) is 0 Å². The van der Waals surface area contributed by atoms with Crippen LogP contribution in [0.3, 0.4) is 0 Å². The molecule has 1 aromatic carbocycles. The van der Waals surface area contributed by atoms with Gasteiger partial charge in [0, 0.05) is 24.2 Å². The maximum atomic E-state index is 11.7. The van der Waals surface area contributed by atoms with Crippen LogP contribution in [-0.2, 0) is 17.8 Å². The van der Waals surface area contributed by atoms with E-state index in [0.717, 1.165) is 17.8 Å². The van der Waals surface area contributed by atoms with E-state index in [4.69, 9.17) is 4.74 Å². The number of hydrogen-bond acceptors (Lipinski definition) is 6. The second-order valence-corrected chi connectivity index (χ2v) is 6.43. The van der Waals surface area contributed by atoms with Crippen LogP contribution in [0.4, 0.5) is 10.5 Å². The Morgan fingerprint density at radius 3 is 2.55 bits per heavy atom. The van der Waals surface area contributed by atoms with Crippen LogP contribution in [0.15, 0.2) is 29.6 Å². The summed E-state index contributed by atoms with van der Waals surface area (Å²) in [7, 11) is 0. The lowest BCUT2D eigenvalue weighted by Gasteiger charge is -2.19. The Labute approximate surface area is 134 Å². The van der Waals surface area contributed by atoms with Gasteiger partial charge in [-0.2, -0.15) is 0 Å². The number of amides is 1. The second-order valence-electron chi connectivity index (χ2n) is 5.82. The zero-order valence-corrected chi connectivity index (χ0v) is 13.7. The number of benzene rings is 1. The van der Waals surface area contributed by atoms with E-state index in [1.165, 1.54) is 11.5 Å². The van der Waals surface area contributed by atoms with Crippen molar-refractivity contribution in [3.63, 3.8) is 0 Å². The van der Waals surface area contributed by atoms with Crippen LogP contribution in [-0.4, -0.2) is 21.3 Å². The molecule has 118 valence electrons. The SMILES string of the molecule is CC(C)(C)OC(=O)Nc1ccc(CNCc2csnn2)cc1. The zero-order chi connectivity index (χ0) is 16.0. The summed E-state index contributed by atoms with van der Waals surface area (Å²) in [5.74, 6) is 0. The van der Waals surface area contributed by atoms with Gasteiger partial charge in [-0.05, 0) is 50.0 Å². The molecule has 0 bridgehead atoms. The lowest BCUT2D eigenvalue weighted by molar-refractivity contribution is 0.0636. The fourth-order valence-corrected chi connectivity index (χ4v) is 2.17. The third-order valence-electron chi connectivity index (χ3n) is 2.64. The number of aromatic nitrogens is 2. The van der Waals surface area contributed by atoms with E-state index in [-0.39, 0.29) is 0 Å². The van der Waals surface area contributed by atoms with Crippen LogP contribution in [0.1, 0.15) is 32.0 Å². The molecule has 0 radical (unpaired) electrons. The topological polar surface area (TPSA) is 76.1 Å². The molecule has 2 rings (SSSR count). The van der Waals surface area contributed by atoms with Crippen LogP contribution >= 0.6 is 11.5 Å². The van der Waals surface area contributed by atoms with E-state index < -0.39 is 11.7 Å². The molecule has 7 heteroatoms. The third-order valence-corrected chi connectivity index (χ3v) is 3.19. The van der Waals surface area contributed by atoms with E-state index in [9.17, 15) is 4.79 Å². The first-order valence-corrected chi connectivity index (χ1v) is 7.82. The molecule has 1 heterocycles. The second kappa shape index (κ2) is 7.33. The van der Waals surface area contributed by atoms with Crippen molar-refractivity contribution >= 4 is 23.3 Å². The normalized spacial score (nSPS) is 11.2. The summed E-state index contributed by atoms with van der Waals surface area (Å²) in [6.45, 7) is 6.91. The van der Waals surface area contributed by atoms with E-state index in [2.05, 4.69) is 20.2 Å². The predicted molar refractivity (Wildman–Crippen MR) is 86.8 cm³/mol. The summed E-state index contributed by atoms with van der Waals surface area (Å²) in [6.07, 6.45) is -0.450. The molecule has 0 saturated carbocycles. The molecule has 0 spiro atoms. The van der Waals surface area contributed by atoms with Crippen LogP contribution < -0.4 is 10.6 Å². The molecule has 1 aromatic heterocycles. The minimum absolute atomic E-state index is 0.450. The number of nitrogens with zero attached hydrogens (tertiary/aromatic N) is 2. The average molecular weight is 320 g/mol. The van der Waals surface area contributed by atoms with E-state index in [1.807, 2.05) is 50.4 Å². The summed E-state index contributed by atoms with van der Waals surface area (Å²) in [5, 5.41) is 11.9. The van der Waals surface area contributed by atoms with Gasteiger partial charge in [-0.3, -0.25) is 5.32 Å². The zero-order valence-electron chi connectivity index (χ0n) is 12.9. The molecule has 6 nitrogen and oxygen atoms in total. The Bertz CT molecular complexity index is 591. The molecule has 2 N–H and O–H groups in total. The van der Waals surface area contributed by atoms with Gasteiger partial charge in [0.1, 0.15) is 5.60 Å². The van der Waals surface area contributed by atoms with Gasteiger partial charge in [-0.15, -0.1) is 5.10 Å². The third kappa shape index (κ3) is 5.79. The first-order chi connectivity index (χ1) is 10.4. The largest absolute Gasteiger partial charge is 0.444 e. The van der Waals surface area contributed by atoms with E-state index in [1.54, 1.807) is 0 Å². The standard InChI is InChI=1S/C15H20N4O2S/c1-15(2,3)21-14(20)17-12-6-4-11(5-7-12)8-16-9-13-10-22-19-18-13/h4-7,10,16H,8-9H2,1-3H3,(H,17,20). The molecule has 1 amide bonds. The molecular formula is C15H20N4O2S.